The van der Waals surface area contributed by atoms with Crippen LogP contribution >= 0.6 is 0 Å². The van der Waals surface area contributed by atoms with Gasteiger partial charge in [-0.2, -0.15) is 4.98 Å². The lowest BCUT2D eigenvalue weighted by Crippen LogP contribution is -1.95. The minimum Gasteiger partial charge on any atom is -0.467 e. The molecule has 1 aromatic heterocycles. The SMILES string of the molecule is COc1nc(C)cc(-c2ccccc2)n1. The monoisotopic (exact) mass is 200 g/mol. The average molecular weight is 200 g/mol. The second kappa shape index (κ2) is 4.09. The quantitative estimate of drug-likeness (QED) is 0.747. The fourth-order valence-electron chi connectivity index (χ4n) is 1.39. The Labute approximate surface area is 88.8 Å². The summed E-state index contributed by atoms with van der Waals surface area (Å²) in [6.07, 6.45) is 0. The van der Waals surface area contributed by atoms with Gasteiger partial charge in [0.2, 0.25) is 0 Å². The van der Waals surface area contributed by atoms with Gasteiger partial charge in [-0.1, -0.05) is 30.3 Å². The van der Waals surface area contributed by atoms with Gasteiger partial charge in [0, 0.05) is 11.3 Å². The van der Waals surface area contributed by atoms with Crippen molar-refractivity contribution in [1.29, 1.82) is 0 Å². The molecule has 0 unspecified atom stereocenters. The van der Waals surface area contributed by atoms with Gasteiger partial charge in [-0.15, -0.1) is 0 Å². The Morgan fingerprint density at radius 3 is 2.47 bits per heavy atom. The van der Waals surface area contributed by atoms with Gasteiger partial charge in [0.1, 0.15) is 0 Å². The predicted octanol–water partition coefficient (Wildman–Crippen LogP) is 2.46. The summed E-state index contributed by atoms with van der Waals surface area (Å²) < 4.78 is 5.03. The van der Waals surface area contributed by atoms with Crippen LogP contribution in [0.4, 0.5) is 0 Å². The van der Waals surface area contributed by atoms with Crippen molar-refractivity contribution in [2.24, 2.45) is 0 Å². The first kappa shape index (κ1) is 9.65. The Morgan fingerprint density at radius 1 is 1.07 bits per heavy atom. The normalized spacial score (nSPS) is 10.0. The third-order valence-electron chi connectivity index (χ3n) is 2.09. The number of ether oxygens (including phenoxy) is 1. The van der Waals surface area contributed by atoms with Gasteiger partial charge in [-0.3, -0.25) is 0 Å². The maximum Gasteiger partial charge on any atom is 0.316 e. The molecule has 0 aliphatic rings. The number of nitrogens with zero attached hydrogens (tertiary/aromatic N) is 2. The topological polar surface area (TPSA) is 35.0 Å². The van der Waals surface area contributed by atoms with Crippen molar-refractivity contribution in [3.05, 3.63) is 42.1 Å². The van der Waals surface area contributed by atoms with E-state index >= 15 is 0 Å². The molecule has 1 aromatic carbocycles. The summed E-state index contributed by atoms with van der Waals surface area (Å²) in [4.78, 5) is 8.43. The maximum absolute atomic E-state index is 5.03. The molecule has 2 rings (SSSR count). The van der Waals surface area contributed by atoms with E-state index in [9.17, 15) is 0 Å². The van der Waals surface area contributed by atoms with Crippen LogP contribution in [0.5, 0.6) is 6.01 Å². The third kappa shape index (κ3) is 2.13. The Bertz CT molecular complexity index is 454. The van der Waals surface area contributed by atoms with E-state index in [4.69, 9.17) is 4.74 Å². The van der Waals surface area contributed by atoms with E-state index < -0.39 is 0 Å². The summed E-state index contributed by atoms with van der Waals surface area (Å²) in [6, 6.07) is 12.3. The van der Waals surface area contributed by atoms with Gasteiger partial charge in [-0.25, -0.2) is 4.98 Å². The van der Waals surface area contributed by atoms with Crippen molar-refractivity contribution < 1.29 is 4.74 Å². The molecule has 0 bridgehead atoms. The second-order valence-corrected chi connectivity index (χ2v) is 3.25. The van der Waals surface area contributed by atoms with Crippen LogP contribution in [0.25, 0.3) is 11.3 Å². The molecule has 1 heterocycles. The number of aromatic nitrogens is 2. The van der Waals surface area contributed by atoms with Crippen molar-refractivity contribution in [2.45, 2.75) is 6.92 Å². The maximum atomic E-state index is 5.03. The van der Waals surface area contributed by atoms with E-state index in [0.29, 0.717) is 6.01 Å². The zero-order valence-corrected chi connectivity index (χ0v) is 8.77. The predicted molar refractivity (Wildman–Crippen MR) is 58.8 cm³/mol. The Kier molecular flexibility index (Phi) is 2.63. The van der Waals surface area contributed by atoms with Gasteiger partial charge < -0.3 is 4.74 Å². The van der Waals surface area contributed by atoms with Crippen LogP contribution in [0.15, 0.2) is 36.4 Å². The van der Waals surface area contributed by atoms with Crippen LogP contribution in [0.3, 0.4) is 0 Å². The molecule has 0 saturated carbocycles. The number of hydrogen-bond acceptors (Lipinski definition) is 3. The van der Waals surface area contributed by atoms with Crippen molar-refractivity contribution in [3.63, 3.8) is 0 Å². The molecule has 2 aromatic rings. The molecule has 0 atom stereocenters. The van der Waals surface area contributed by atoms with Crippen LogP contribution in [-0.2, 0) is 0 Å². The van der Waals surface area contributed by atoms with E-state index in [2.05, 4.69) is 9.97 Å². The van der Waals surface area contributed by atoms with E-state index in [1.54, 1.807) is 7.11 Å². The number of hydrogen-bond donors (Lipinski definition) is 0. The van der Waals surface area contributed by atoms with Crippen molar-refractivity contribution in [3.8, 4) is 17.3 Å². The van der Waals surface area contributed by atoms with Gasteiger partial charge >= 0.3 is 6.01 Å². The lowest BCUT2D eigenvalue weighted by molar-refractivity contribution is 0.379. The summed E-state index contributed by atoms with van der Waals surface area (Å²) in [5.41, 5.74) is 2.86. The fourth-order valence-corrected chi connectivity index (χ4v) is 1.39. The first-order chi connectivity index (χ1) is 7.29. The molecular formula is C12H12N2O. The minimum atomic E-state index is 0.411. The van der Waals surface area contributed by atoms with Crippen LogP contribution in [0, 0.1) is 6.92 Å². The summed E-state index contributed by atoms with van der Waals surface area (Å²) in [5, 5.41) is 0. The molecule has 0 saturated heterocycles. The number of benzene rings is 1. The summed E-state index contributed by atoms with van der Waals surface area (Å²) >= 11 is 0. The summed E-state index contributed by atoms with van der Waals surface area (Å²) in [6.45, 7) is 1.93. The standard InChI is InChI=1S/C12H12N2O/c1-9-8-11(14-12(13-9)15-2)10-6-4-3-5-7-10/h3-8H,1-2H3. The van der Waals surface area contributed by atoms with Gasteiger partial charge in [0.05, 0.1) is 12.8 Å². The molecule has 0 aliphatic carbocycles. The molecule has 0 radical (unpaired) electrons. The first-order valence-corrected chi connectivity index (χ1v) is 4.74. The fraction of sp³-hybridized carbons (Fsp3) is 0.167. The molecule has 0 amide bonds. The highest BCUT2D eigenvalue weighted by atomic mass is 16.5. The molecule has 76 valence electrons. The molecule has 3 heteroatoms. The van der Waals surface area contributed by atoms with Gasteiger partial charge in [0.15, 0.2) is 0 Å². The highest BCUT2D eigenvalue weighted by Crippen LogP contribution is 2.19. The van der Waals surface area contributed by atoms with Crippen molar-refractivity contribution >= 4 is 0 Å². The van der Waals surface area contributed by atoms with E-state index in [0.717, 1.165) is 17.0 Å². The highest BCUT2D eigenvalue weighted by Gasteiger charge is 2.03. The highest BCUT2D eigenvalue weighted by molar-refractivity contribution is 5.59. The van der Waals surface area contributed by atoms with Crippen LogP contribution in [-0.4, -0.2) is 17.1 Å². The molecule has 3 nitrogen and oxygen atoms in total. The van der Waals surface area contributed by atoms with E-state index in [1.807, 2.05) is 43.3 Å². The first-order valence-electron chi connectivity index (χ1n) is 4.74. The van der Waals surface area contributed by atoms with Crippen molar-refractivity contribution in [1.82, 2.24) is 9.97 Å². The lowest BCUT2D eigenvalue weighted by atomic mass is 10.1. The zero-order valence-electron chi connectivity index (χ0n) is 8.77. The third-order valence-corrected chi connectivity index (χ3v) is 2.09. The van der Waals surface area contributed by atoms with Gasteiger partial charge in [0.25, 0.3) is 0 Å². The van der Waals surface area contributed by atoms with Crippen LogP contribution < -0.4 is 4.74 Å². The molecular weight excluding hydrogens is 188 g/mol. The molecule has 0 N–H and O–H groups in total. The zero-order chi connectivity index (χ0) is 10.7. The Hall–Kier alpha value is -1.90. The van der Waals surface area contributed by atoms with E-state index in [-0.39, 0.29) is 0 Å². The minimum absolute atomic E-state index is 0.411. The molecule has 15 heavy (non-hydrogen) atoms. The molecule has 0 spiro atoms. The smallest absolute Gasteiger partial charge is 0.316 e. The molecule has 0 fully saturated rings. The summed E-state index contributed by atoms with van der Waals surface area (Å²) in [5.74, 6) is 0. The number of methoxy groups -OCH3 is 1. The van der Waals surface area contributed by atoms with Crippen LogP contribution in [0.1, 0.15) is 5.69 Å². The Morgan fingerprint density at radius 2 is 1.80 bits per heavy atom. The number of rotatable bonds is 2. The van der Waals surface area contributed by atoms with Crippen LogP contribution in [0.2, 0.25) is 0 Å². The van der Waals surface area contributed by atoms with E-state index in [1.165, 1.54) is 0 Å². The second-order valence-electron chi connectivity index (χ2n) is 3.25. The lowest BCUT2D eigenvalue weighted by Gasteiger charge is -2.04. The Balaban J connectivity index is 2.49. The number of aryl methyl sites for hydroxylation is 1. The largest absolute Gasteiger partial charge is 0.467 e. The van der Waals surface area contributed by atoms with Gasteiger partial charge in [-0.05, 0) is 13.0 Å². The summed E-state index contributed by atoms with van der Waals surface area (Å²) in [7, 11) is 1.57. The average Bonchev–Trinajstić information content (AvgIpc) is 2.29. The van der Waals surface area contributed by atoms with Crippen molar-refractivity contribution in [2.75, 3.05) is 7.11 Å². The molecule has 0 aliphatic heterocycles.